The third-order valence-electron chi connectivity index (χ3n) is 4.13. The van der Waals surface area contributed by atoms with Crippen molar-refractivity contribution in [1.29, 1.82) is 0 Å². The van der Waals surface area contributed by atoms with Crippen LogP contribution in [0, 0.1) is 0 Å². The Balaban J connectivity index is 2.16. The zero-order valence-electron chi connectivity index (χ0n) is 13.5. The lowest BCUT2D eigenvalue weighted by molar-refractivity contribution is 0.669. The molecule has 4 heteroatoms. The Kier molecular flexibility index (Phi) is 3.09. The summed E-state index contributed by atoms with van der Waals surface area (Å²) < 4.78 is 6.19. The van der Waals surface area contributed by atoms with Crippen LogP contribution in [0.25, 0.3) is 33.3 Å². The van der Waals surface area contributed by atoms with Gasteiger partial charge in [0.2, 0.25) is 0 Å². The zero-order chi connectivity index (χ0) is 16.0. The molecule has 1 aromatic carbocycles. The van der Waals surface area contributed by atoms with Gasteiger partial charge >= 0.3 is 0 Å². The Bertz CT molecular complexity index is 1000. The maximum atomic E-state index is 6.19. The fraction of sp³-hybridized carbons (Fsp3) is 0.158. The maximum Gasteiger partial charge on any atom is 0.153 e. The number of fused-ring (bicyclic) bond motifs is 3. The van der Waals surface area contributed by atoms with E-state index >= 15 is 0 Å². The molecule has 0 unspecified atom stereocenters. The van der Waals surface area contributed by atoms with Gasteiger partial charge in [-0.25, -0.2) is 0 Å². The van der Waals surface area contributed by atoms with Gasteiger partial charge in [0, 0.05) is 23.3 Å². The second kappa shape index (κ2) is 5.03. The minimum Gasteiger partial charge on any atom is -0.454 e. The normalized spacial score (nSPS) is 12.1. The third kappa shape index (κ3) is 2.26. The smallest absolute Gasteiger partial charge is 0.153 e. The molecule has 4 aromatic rings. The van der Waals surface area contributed by atoms with Crippen molar-refractivity contribution >= 4 is 35.3 Å². The molecule has 114 valence electrons. The second-order valence-electron chi connectivity index (χ2n) is 6.78. The predicted molar refractivity (Wildman–Crippen MR) is 97.7 cm³/mol. The minimum absolute atomic E-state index is 0.838. The van der Waals surface area contributed by atoms with Crippen molar-refractivity contribution in [2.75, 3.05) is 0 Å². The highest BCUT2D eigenvalue weighted by atomic mass is 28.3. The lowest BCUT2D eigenvalue weighted by atomic mass is 10.1. The summed E-state index contributed by atoms with van der Waals surface area (Å²) in [5.74, 6) is 0. The molecule has 3 nitrogen and oxygen atoms in total. The number of aromatic nitrogens is 2. The molecule has 0 amide bonds. The third-order valence-corrected chi connectivity index (χ3v) is 6.16. The Labute approximate surface area is 136 Å². The fourth-order valence-electron chi connectivity index (χ4n) is 3.04. The topological polar surface area (TPSA) is 38.9 Å². The molecule has 0 bridgehead atoms. The van der Waals surface area contributed by atoms with Gasteiger partial charge < -0.3 is 4.42 Å². The summed E-state index contributed by atoms with van der Waals surface area (Å²) in [6, 6.07) is 14.2. The summed E-state index contributed by atoms with van der Waals surface area (Å²) in [6.45, 7) is 7.05. The molecule has 23 heavy (non-hydrogen) atoms. The molecule has 4 rings (SSSR count). The molecule has 0 fully saturated rings. The van der Waals surface area contributed by atoms with E-state index < -0.39 is 8.07 Å². The van der Waals surface area contributed by atoms with E-state index in [0.29, 0.717) is 0 Å². The second-order valence-corrected chi connectivity index (χ2v) is 11.8. The van der Waals surface area contributed by atoms with Gasteiger partial charge in [-0.1, -0.05) is 31.8 Å². The number of rotatable bonds is 2. The molecule has 0 N–H and O–H groups in total. The lowest BCUT2D eigenvalue weighted by Crippen LogP contribution is -2.38. The summed E-state index contributed by atoms with van der Waals surface area (Å²) >= 11 is 0. The van der Waals surface area contributed by atoms with Crippen LogP contribution in [0.2, 0.25) is 19.6 Å². The van der Waals surface area contributed by atoms with Crippen molar-refractivity contribution in [3.8, 4) is 11.3 Å². The average molecular weight is 318 g/mol. The van der Waals surface area contributed by atoms with Gasteiger partial charge in [-0.2, -0.15) is 0 Å². The van der Waals surface area contributed by atoms with Crippen LogP contribution >= 0.6 is 0 Å². The van der Waals surface area contributed by atoms with E-state index in [2.05, 4.69) is 41.7 Å². The first-order valence-electron chi connectivity index (χ1n) is 7.78. The van der Waals surface area contributed by atoms with Crippen molar-refractivity contribution in [3.05, 3.63) is 54.9 Å². The van der Waals surface area contributed by atoms with E-state index in [4.69, 9.17) is 4.42 Å². The Morgan fingerprint density at radius 2 is 1.70 bits per heavy atom. The number of furan rings is 1. The van der Waals surface area contributed by atoms with E-state index in [1.807, 2.05) is 42.7 Å². The van der Waals surface area contributed by atoms with Crippen molar-refractivity contribution in [2.24, 2.45) is 0 Å². The zero-order valence-corrected chi connectivity index (χ0v) is 14.5. The molecule has 0 saturated heterocycles. The SMILES string of the molecule is C[Si](C)(C)c1ccc(-c2ccccn2)c2oc3cccnc3c12. The van der Waals surface area contributed by atoms with E-state index in [9.17, 15) is 0 Å². The Hall–Kier alpha value is -2.46. The minimum atomic E-state index is -1.52. The monoisotopic (exact) mass is 318 g/mol. The van der Waals surface area contributed by atoms with Crippen LogP contribution in [-0.2, 0) is 0 Å². The van der Waals surface area contributed by atoms with Crippen molar-refractivity contribution < 1.29 is 4.42 Å². The average Bonchev–Trinajstić information content (AvgIpc) is 2.93. The number of benzene rings is 1. The van der Waals surface area contributed by atoms with Crippen LogP contribution in [0.4, 0.5) is 0 Å². The number of hydrogen-bond donors (Lipinski definition) is 0. The lowest BCUT2D eigenvalue weighted by Gasteiger charge is -2.18. The maximum absolute atomic E-state index is 6.19. The highest BCUT2D eigenvalue weighted by Crippen LogP contribution is 2.34. The largest absolute Gasteiger partial charge is 0.454 e. The highest BCUT2D eigenvalue weighted by molar-refractivity contribution is 6.90. The van der Waals surface area contributed by atoms with Crippen LogP contribution < -0.4 is 5.19 Å². The van der Waals surface area contributed by atoms with Gasteiger partial charge in [-0.15, -0.1) is 0 Å². The van der Waals surface area contributed by atoms with E-state index in [1.165, 1.54) is 5.19 Å². The summed E-state index contributed by atoms with van der Waals surface area (Å²) in [7, 11) is -1.52. The van der Waals surface area contributed by atoms with Crippen molar-refractivity contribution in [3.63, 3.8) is 0 Å². The fourth-order valence-corrected chi connectivity index (χ4v) is 4.61. The van der Waals surface area contributed by atoms with E-state index in [0.717, 1.165) is 33.3 Å². The number of nitrogens with zero attached hydrogens (tertiary/aromatic N) is 2. The molecule has 0 aliphatic rings. The van der Waals surface area contributed by atoms with Gasteiger partial charge in [-0.05, 0) is 35.5 Å². The summed E-state index contributed by atoms with van der Waals surface area (Å²) in [4.78, 5) is 9.08. The summed E-state index contributed by atoms with van der Waals surface area (Å²) in [5, 5.41) is 2.53. The molecular formula is C19H18N2OSi. The van der Waals surface area contributed by atoms with Gasteiger partial charge in [0.1, 0.15) is 11.1 Å². The molecule has 0 spiro atoms. The van der Waals surface area contributed by atoms with Gasteiger partial charge in [-0.3, -0.25) is 9.97 Å². The summed E-state index contributed by atoms with van der Waals surface area (Å²) in [5.41, 5.74) is 4.65. The summed E-state index contributed by atoms with van der Waals surface area (Å²) in [6.07, 6.45) is 3.65. The van der Waals surface area contributed by atoms with E-state index in [1.54, 1.807) is 0 Å². The molecular weight excluding hydrogens is 300 g/mol. The highest BCUT2D eigenvalue weighted by Gasteiger charge is 2.25. The molecule has 0 saturated carbocycles. The standard InChI is InChI=1S/C19H18N2OSi/c1-23(2,3)16-10-9-13(14-7-4-5-11-20-14)19-17(16)18-15(22-19)8-6-12-21-18/h4-12H,1-3H3. The van der Waals surface area contributed by atoms with Crippen LogP contribution in [0.15, 0.2) is 59.3 Å². The van der Waals surface area contributed by atoms with E-state index in [-0.39, 0.29) is 0 Å². The van der Waals surface area contributed by atoms with Crippen LogP contribution in [0.1, 0.15) is 0 Å². The molecule has 0 aliphatic heterocycles. The van der Waals surface area contributed by atoms with Crippen LogP contribution in [0.3, 0.4) is 0 Å². The van der Waals surface area contributed by atoms with Gasteiger partial charge in [0.05, 0.1) is 13.8 Å². The predicted octanol–water partition coefficient (Wildman–Crippen LogP) is 4.59. The quantitative estimate of drug-likeness (QED) is 0.507. The van der Waals surface area contributed by atoms with Crippen LogP contribution in [-0.4, -0.2) is 18.0 Å². The van der Waals surface area contributed by atoms with Crippen LogP contribution in [0.5, 0.6) is 0 Å². The van der Waals surface area contributed by atoms with Gasteiger partial charge in [0.25, 0.3) is 0 Å². The molecule has 3 aromatic heterocycles. The number of pyridine rings is 2. The Morgan fingerprint density at radius 3 is 2.43 bits per heavy atom. The molecule has 0 aliphatic carbocycles. The Morgan fingerprint density at radius 1 is 0.870 bits per heavy atom. The first-order valence-corrected chi connectivity index (χ1v) is 11.3. The number of hydrogen-bond acceptors (Lipinski definition) is 3. The molecule has 0 atom stereocenters. The molecule has 0 radical (unpaired) electrons. The molecule has 3 heterocycles. The van der Waals surface area contributed by atoms with Crippen molar-refractivity contribution in [1.82, 2.24) is 9.97 Å². The van der Waals surface area contributed by atoms with Gasteiger partial charge in [0.15, 0.2) is 5.58 Å². The first kappa shape index (κ1) is 14.1. The van der Waals surface area contributed by atoms with Crippen molar-refractivity contribution in [2.45, 2.75) is 19.6 Å². The first-order chi connectivity index (χ1) is 11.1.